The fourth-order valence-corrected chi connectivity index (χ4v) is 4.98. The Bertz CT molecular complexity index is 1330. The summed E-state index contributed by atoms with van der Waals surface area (Å²) in [5, 5.41) is 4.01. The summed E-state index contributed by atoms with van der Waals surface area (Å²) in [6, 6.07) is 18.0. The van der Waals surface area contributed by atoms with Crippen LogP contribution in [0.25, 0.3) is 0 Å². The maximum absolute atomic E-state index is 14.5. The Morgan fingerprint density at radius 1 is 1.06 bits per heavy atom. The molecule has 6 nitrogen and oxygen atoms in total. The number of rotatable bonds is 8. The molecule has 1 amide bonds. The molecule has 0 saturated carbocycles. The standard InChI is InChI=1S/C27H29ClFN3O3S/c1-19-8-14-22(15-9-19)36(34,35)32(17-23-24(28)6-5-7-25(23)29)18-26(33)31-30-16-20-10-12-21(13-11-20)27(2,3)4/h5-16H,17-18H2,1-4H3,(H,31,33)/b30-16-. The Morgan fingerprint density at radius 3 is 2.28 bits per heavy atom. The van der Waals surface area contributed by atoms with E-state index in [0.29, 0.717) is 0 Å². The lowest BCUT2D eigenvalue weighted by Crippen LogP contribution is -2.39. The van der Waals surface area contributed by atoms with Crippen LogP contribution in [-0.4, -0.2) is 31.4 Å². The van der Waals surface area contributed by atoms with Gasteiger partial charge in [-0.1, -0.05) is 80.4 Å². The molecule has 3 aromatic carbocycles. The minimum atomic E-state index is -4.15. The Labute approximate surface area is 216 Å². The molecule has 0 aromatic heterocycles. The highest BCUT2D eigenvalue weighted by molar-refractivity contribution is 7.89. The number of hydrazone groups is 1. The maximum atomic E-state index is 14.5. The molecular weight excluding hydrogens is 501 g/mol. The second-order valence-corrected chi connectivity index (χ2v) is 11.8. The van der Waals surface area contributed by atoms with Crippen LogP contribution in [0.2, 0.25) is 5.02 Å². The van der Waals surface area contributed by atoms with E-state index < -0.39 is 34.8 Å². The highest BCUT2D eigenvalue weighted by Gasteiger charge is 2.28. The van der Waals surface area contributed by atoms with Crippen LogP contribution in [0.15, 0.2) is 76.7 Å². The summed E-state index contributed by atoms with van der Waals surface area (Å²) in [5.41, 5.74) is 5.14. The zero-order valence-corrected chi connectivity index (χ0v) is 22.2. The lowest BCUT2D eigenvalue weighted by atomic mass is 9.87. The third kappa shape index (κ3) is 7.00. The Kier molecular flexibility index (Phi) is 8.66. The number of carbonyl (C=O) groups is 1. The van der Waals surface area contributed by atoms with Gasteiger partial charge in [-0.3, -0.25) is 4.79 Å². The van der Waals surface area contributed by atoms with Crippen molar-refractivity contribution in [2.75, 3.05) is 6.54 Å². The van der Waals surface area contributed by atoms with Crippen molar-refractivity contribution in [2.24, 2.45) is 5.10 Å². The first-order chi connectivity index (χ1) is 16.9. The number of hydrogen-bond donors (Lipinski definition) is 1. The van der Waals surface area contributed by atoms with E-state index in [1.54, 1.807) is 12.1 Å². The molecule has 36 heavy (non-hydrogen) atoms. The average Bonchev–Trinajstić information content (AvgIpc) is 2.81. The van der Waals surface area contributed by atoms with Gasteiger partial charge in [0, 0.05) is 17.1 Å². The van der Waals surface area contributed by atoms with E-state index >= 15 is 0 Å². The largest absolute Gasteiger partial charge is 0.272 e. The Hall–Kier alpha value is -3.07. The van der Waals surface area contributed by atoms with Crippen molar-refractivity contribution in [3.8, 4) is 0 Å². The van der Waals surface area contributed by atoms with E-state index in [0.717, 1.165) is 21.0 Å². The first kappa shape index (κ1) is 27.5. The average molecular weight is 530 g/mol. The van der Waals surface area contributed by atoms with Crippen LogP contribution in [0, 0.1) is 12.7 Å². The van der Waals surface area contributed by atoms with Crippen molar-refractivity contribution in [1.29, 1.82) is 0 Å². The van der Waals surface area contributed by atoms with Gasteiger partial charge in [-0.25, -0.2) is 18.2 Å². The van der Waals surface area contributed by atoms with Gasteiger partial charge in [0.2, 0.25) is 10.0 Å². The molecular formula is C27H29ClFN3O3S. The van der Waals surface area contributed by atoms with E-state index in [-0.39, 0.29) is 20.9 Å². The first-order valence-corrected chi connectivity index (χ1v) is 13.1. The van der Waals surface area contributed by atoms with E-state index in [9.17, 15) is 17.6 Å². The summed E-state index contributed by atoms with van der Waals surface area (Å²) in [4.78, 5) is 12.6. The van der Waals surface area contributed by atoms with Crippen molar-refractivity contribution < 1.29 is 17.6 Å². The molecule has 0 atom stereocenters. The molecule has 190 valence electrons. The van der Waals surface area contributed by atoms with Gasteiger partial charge in [-0.05, 0) is 47.7 Å². The summed E-state index contributed by atoms with van der Waals surface area (Å²) < 4.78 is 42.0. The molecule has 1 N–H and O–H groups in total. The van der Waals surface area contributed by atoms with Gasteiger partial charge < -0.3 is 0 Å². The van der Waals surface area contributed by atoms with Crippen LogP contribution in [0.3, 0.4) is 0 Å². The van der Waals surface area contributed by atoms with Gasteiger partial charge in [0.05, 0.1) is 17.7 Å². The first-order valence-electron chi connectivity index (χ1n) is 11.3. The zero-order valence-electron chi connectivity index (χ0n) is 20.6. The minimum absolute atomic E-state index is 0.0113. The number of sulfonamides is 1. The molecule has 0 heterocycles. The fourth-order valence-electron chi connectivity index (χ4n) is 3.39. The van der Waals surface area contributed by atoms with E-state index in [1.807, 2.05) is 31.2 Å². The lowest BCUT2D eigenvalue weighted by molar-refractivity contribution is -0.121. The fraction of sp³-hybridized carbons (Fsp3) is 0.259. The topological polar surface area (TPSA) is 78.8 Å². The summed E-state index contributed by atoms with van der Waals surface area (Å²) in [5.74, 6) is -1.34. The molecule has 0 aliphatic rings. The number of nitrogens with zero attached hydrogens (tertiary/aromatic N) is 2. The van der Waals surface area contributed by atoms with E-state index in [1.165, 1.54) is 36.5 Å². The van der Waals surface area contributed by atoms with Crippen molar-refractivity contribution in [3.63, 3.8) is 0 Å². The molecule has 3 aromatic rings. The van der Waals surface area contributed by atoms with Crippen LogP contribution in [0.4, 0.5) is 4.39 Å². The van der Waals surface area contributed by atoms with Crippen molar-refractivity contribution in [2.45, 2.75) is 44.6 Å². The summed E-state index contributed by atoms with van der Waals surface area (Å²) in [7, 11) is -4.15. The zero-order chi connectivity index (χ0) is 26.5. The minimum Gasteiger partial charge on any atom is -0.272 e. The van der Waals surface area contributed by atoms with Gasteiger partial charge in [-0.2, -0.15) is 9.41 Å². The SMILES string of the molecule is Cc1ccc(S(=O)(=O)N(CC(=O)N/N=C\c2ccc(C(C)(C)C)cc2)Cc2c(F)cccc2Cl)cc1. The molecule has 0 fully saturated rings. The molecule has 0 aliphatic carbocycles. The predicted octanol–water partition coefficient (Wildman–Crippen LogP) is 5.43. The molecule has 0 radical (unpaired) electrons. The molecule has 0 aliphatic heterocycles. The predicted molar refractivity (Wildman–Crippen MR) is 141 cm³/mol. The van der Waals surface area contributed by atoms with Gasteiger partial charge in [0.1, 0.15) is 5.82 Å². The van der Waals surface area contributed by atoms with Crippen LogP contribution >= 0.6 is 11.6 Å². The molecule has 0 saturated heterocycles. The van der Waals surface area contributed by atoms with E-state index in [2.05, 4.69) is 31.3 Å². The number of benzene rings is 3. The number of nitrogens with one attached hydrogen (secondary N) is 1. The van der Waals surface area contributed by atoms with Gasteiger partial charge in [-0.15, -0.1) is 0 Å². The van der Waals surface area contributed by atoms with Gasteiger partial charge >= 0.3 is 0 Å². The van der Waals surface area contributed by atoms with Gasteiger partial charge in [0.25, 0.3) is 5.91 Å². The number of amides is 1. The smallest absolute Gasteiger partial charge is 0.255 e. The van der Waals surface area contributed by atoms with E-state index in [4.69, 9.17) is 11.6 Å². The Morgan fingerprint density at radius 2 is 1.69 bits per heavy atom. The third-order valence-electron chi connectivity index (χ3n) is 5.55. The molecule has 0 spiro atoms. The quantitative estimate of drug-likeness (QED) is 0.312. The third-order valence-corrected chi connectivity index (χ3v) is 7.71. The van der Waals surface area contributed by atoms with Crippen LogP contribution in [-0.2, 0) is 26.8 Å². The number of halogens is 2. The molecule has 0 unspecified atom stereocenters. The van der Waals surface area contributed by atoms with Gasteiger partial charge in [0.15, 0.2) is 0 Å². The summed E-state index contributed by atoms with van der Waals surface area (Å²) in [6.45, 7) is 7.16. The highest BCUT2D eigenvalue weighted by Crippen LogP contribution is 2.25. The molecule has 3 rings (SSSR count). The second-order valence-electron chi connectivity index (χ2n) is 9.45. The van der Waals surface area contributed by atoms with Crippen molar-refractivity contribution in [1.82, 2.24) is 9.73 Å². The number of hydrogen-bond acceptors (Lipinski definition) is 4. The summed E-state index contributed by atoms with van der Waals surface area (Å²) in [6.07, 6.45) is 1.47. The normalized spacial score (nSPS) is 12.3. The number of aryl methyl sites for hydroxylation is 1. The lowest BCUT2D eigenvalue weighted by Gasteiger charge is -2.22. The number of carbonyl (C=O) groups excluding carboxylic acids is 1. The molecule has 9 heteroatoms. The van der Waals surface area contributed by atoms with Crippen molar-refractivity contribution in [3.05, 3.63) is 99.8 Å². The van der Waals surface area contributed by atoms with Crippen LogP contribution in [0.1, 0.15) is 43.0 Å². The summed E-state index contributed by atoms with van der Waals surface area (Å²) >= 11 is 6.13. The highest BCUT2D eigenvalue weighted by atomic mass is 35.5. The monoisotopic (exact) mass is 529 g/mol. The Balaban J connectivity index is 1.80. The van der Waals surface area contributed by atoms with Crippen molar-refractivity contribution >= 4 is 33.7 Å². The van der Waals surface area contributed by atoms with Crippen LogP contribution < -0.4 is 5.43 Å². The van der Waals surface area contributed by atoms with Crippen LogP contribution in [0.5, 0.6) is 0 Å². The second kappa shape index (κ2) is 11.3. The molecule has 0 bridgehead atoms. The maximum Gasteiger partial charge on any atom is 0.255 e.